The normalized spacial score (nSPS) is 27.1. The molecule has 246 valence electrons. The first-order chi connectivity index (χ1) is 20.1. The first-order valence-electron chi connectivity index (χ1n) is 15.1. The molecule has 2 aliphatic rings. The summed E-state index contributed by atoms with van der Waals surface area (Å²) in [7, 11) is 0. The lowest BCUT2D eigenvalue weighted by Crippen LogP contribution is -2.59. The zero-order valence-electron chi connectivity index (χ0n) is 26.1. The second kappa shape index (κ2) is 16.9. The SMILES string of the molecule is CC(C)C(=O)C(NC(=O)C(C)C(C)C)NC(O)C(=O)CSC1CC(=O)N(CCCCN2C[C@H](O)[C@@H](C)[C@H](O)[C@H]2CO)C1=O. The summed E-state index contributed by atoms with van der Waals surface area (Å²) in [4.78, 5) is 66.3. The first-order valence-corrected chi connectivity index (χ1v) is 16.1. The fraction of sp³-hybridized carbons (Fsp3) is 0.828. The van der Waals surface area contributed by atoms with Crippen molar-refractivity contribution in [1.82, 2.24) is 20.4 Å². The highest BCUT2D eigenvalue weighted by Gasteiger charge is 2.41. The number of carbonyl (C=O) groups is 5. The van der Waals surface area contributed by atoms with Gasteiger partial charge < -0.3 is 25.7 Å². The lowest BCUT2D eigenvalue weighted by atomic mass is 9.87. The molecule has 2 fully saturated rings. The lowest BCUT2D eigenvalue weighted by molar-refractivity contribution is -0.138. The standard InChI is InChI=1S/C29H50N4O9S/c1-15(2)17(5)27(40)30-26(24(38)16(3)4)31-28(41)21(36)14-43-22-11-23(37)33(29(22)42)10-8-7-9-32-12-20(35)18(6)25(39)19(32)13-34/h15-20,22,25-26,28,31,34-35,39,41H,7-14H2,1-6H3,(H,30,40)/t17?,18-,19-,20+,22?,25+,26?,28?/m1/s1. The fourth-order valence-electron chi connectivity index (χ4n) is 5.04. The number of aliphatic hydroxyl groups is 4. The number of thioether (sulfide) groups is 1. The number of β-amino-alcohol motifs (C(OH)–C–C–N with tert-alkyl or cyclic N) is 1. The molecule has 2 heterocycles. The number of unbranched alkanes of at least 4 members (excludes halogenated alkanes) is 1. The van der Waals surface area contributed by atoms with Gasteiger partial charge in [-0.25, -0.2) is 0 Å². The van der Waals surface area contributed by atoms with Crippen molar-refractivity contribution < 1.29 is 44.4 Å². The summed E-state index contributed by atoms with van der Waals surface area (Å²) in [5.74, 6) is -3.75. The molecule has 6 N–H and O–H groups in total. The highest BCUT2D eigenvalue weighted by atomic mass is 32.2. The van der Waals surface area contributed by atoms with Gasteiger partial charge in [-0.1, -0.05) is 41.5 Å². The van der Waals surface area contributed by atoms with Crippen molar-refractivity contribution >= 4 is 41.0 Å². The minimum atomic E-state index is -1.77. The van der Waals surface area contributed by atoms with E-state index in [9.17, 15) is 44.4 Å². The molecule has 8 atom stereocenters. The number of amides is 3. The summed E-state index contributed by atoms with van der Waals surface area (Å²) in [6, 6.07) is -0.491. The van der Waals surface area contributed by atoms with Crippen molar-refractivity contribution in [3.63, 3.8) is 0 Å². The molecule has 2 rings (SSSR count). The van der Waals surface area contributed by atoms with E-state index < -0.39 is 65.2 Å². The topological polar surface area (TPSA) is 197 Å². The third-order valence-electron chi connectivity index (χ3n) is 8.51. The van der Waals surface area contributed by atoms with Gasteiger partial charge in [-0.3, -0.25) is 39.1 Å². The predicted octanol–water partition coefficient (Wildman–Crippen LogP) is -0.902. The molecular formula is C29H50N4O9S. The van der Waals surface area contributed by atoms with Crippen molar-refractivity contribution in [3.8, 4) is 0 Å². The van der Waals surface area contributed by atoms with Gasteiger partial charge in [-0.15, -0.1) is 11.8 Å². The van der Waals surface area contributed by atoms with Crippen molar-refractivity contribution in [3.05, 3.63) is 0 Å². The van der Waals surface area contributed by atoms with Crippen LogP contribution in [0.3, 0.4) is 0 Å². The molecular weight excluding hydrogens is 580 g/mol. The number of hydrogen-bond acceptors (Lipinski definition) is 12. The molecule has 2 saturated heterocycles. The van der Waals surface area contributed by atoms with Gasteiger partial charge in [0.05, 0.1) is 35.9 Å². The van der Waals surface area contributed by atoms with E-state index in [4.69, 9.17) is 0 Å². The monoisotopic (exact) mass is 630 g/mol. The zero-order valence-corrected chi connectivity index (χ0v) is 26.9. The van der Waals surface area contributed by atoms with Crippen LogP contribution in [0.2, 0.25) is 0 Å². The van der Waals surface area contributed by atoms with Crippen LogP contribution in [-0.2, 0) is 24.0 Å². The van der Waals surface area contributed by atoms with Gasteiger partial charge in [0.1, 0.15) is 6.17 Å². The number of nitrogens with one attached hydrogen (secondary N) is 2. The third kappa shape index (κ3) is 10.0. The number of hydrogen-bond donors (Lipinski definition) is 6. The van der Waals surface area contributed by atoms with Crippen LogP contribution < -0.4 is 10.6 Å². The average molecular weight is 631 g/mol. The second-order valence-corrected chi connectivity index (χ2v) is 13.5. The van der Waals surface area contributed by atoms with Crippen LogP contribution in [0.4, 0.5) is 0 Å². The Morgan fingerprint density at radius 3 is 2.26 bits per heavy atom. The van der Waals surface area contributed by atoms with E-state index in [2.05, 4.69) is 10.6 Å². The van der Waals surface area contributed by atoms with E-state index in [0.29, 0.717) is 25.9 Å². The quantitative estimate of drug-likeness (QED) is 0.0659. The number of likely N-dealkylation sites (tertiary alicyclic amines) is 2. The van der Waals surface area contributed by atoms with Crippen LogP contribution >= 0.6 is 11.8 Å². The van der Waals surface area contributed by atoms with Gasteiger partial charge in [-0.05, 0) is 25.3 Å². The first kappa shape index (κ1) is 37.2. The Balaban J connectivity index is 1.85. The molecule has 43 heavy (non-hydrogen) atoms. The summed E-state index contributed by atoms with van der Waals surface area (Å²) in [6.45, 7) is 11.2. The van der Waals surface area contributed by atoms with Gasteiger partial charge in [0, 0.05) is 37.3 Å². The largest absolute Gasteiger partial charge is 0.395 e. The number of nitrogens with zero attached hydrogens (tertiary/aromatic N) is 2. The van der Waals surface area contributed by atoms with Crippen LogP contribution in [0.5, 0.6) is 0 Å². The number of piperidine rings is 1. The Morgan fingerprint density at radius 1 is 1.05 bits per heavy atom. The maximum atomic E-state index is 12.9. The zero-order chi connectivity index (χ0) is 32.6. The number of imide groups is 1. The van der Waals surface area contributed by atoms with Crippen LogP contribution in [0.15, 0.2) is 0 Å². The smallest absolute Gasteiger partial charge is 0.242 e. The van der Waals surface area contributed by atoms with Crippen molar-refractivity contribution in [2.24, 2.45) is 23.7 Å². The molecule has 0 aromatic rings. The minimum absolute atomic E-state index is 0.0178. The lowest BCUT2D eigenvalue weighted by Gasteiger charge is -2.44. The Kier molecular flexibility index (Phi) is 14.7. The van der Waals surface area contributed by atoms with Crippen LogP contribution in [0.1, 0.15) is 60.8 Å². The highest BCUT2D eigenvalue weighted by Crippen LogP contribution is 2.27. The molecule has 4 unspecified atom stereocenters. The van der Waals surface area contributed by atoms with Crippen LogP contribution in [0, 0.1) is 23.7 Å². The molecule has 0 aliphatic carbocycles. The third-order valence-corrected chi connectivity index (χ3v) is 9.73. The molecule has 0 saturated carbocycles. The summed E-state index contributed by atoms with van der Waals surface area (Å²) in [5.41, 5.74) is 0. The van der Waals surface area contributed by atoms with Crippen molar-refractivity contribution in [2.45, 2.75) is 96.7 Å². The number of Topliss-reactive ketones (excluding diaryl/α,β-unsaturated/α-hetero) is 2. The molecule has 13 nitrogen and oxygen atoms in total. The van der Waals surface area contributed by atoms with E-state index in [-0.39, 0.29) is 49.0 Å². The van der Waals surface area contributed by atoms with Gasteiger partial charge in [0.15, 0.2) is 17.8 Å². The predicted molar refractivity (Wildman–Crippen MR) is 160 cm³/mol. The Labute approximate surface area is 258 Å². The van der Waals surface area contributed by atoms with Crippen LogP contribution in [-0.4, -0.2) is 127 Å². The van der Waals surface area contributed by atoms with E-state index >= 15 is 0 Å². The van der Waals surface area contributed by atoms with Gasteiger partial charge >= 0.3 is 0 Å². The maximum Gasteiger partial charge on any atom is 0.242 e. The van der Waals surface area contributed by atoms with Crippen molar-refractivity contribution in [1.29, 1.82) is 0 Å². The van der Waals surface area contributed by atoms with Gasteiger partial charge in [-0.2, -0.15) is 0 Å². The average Bonchev–Trinajstić information content (AvgIpc) is 3.22. The molecule has 0 bridgehead atoms. The van der Waals surface area contributed by atoms with Gasteiger partial charge in [0.25, 0.3) is 0 Å². The number of rotatable bonds is 17. The molecule has 2 aliphatic heterocycles. The molecule has 14 heteroatoms. The second-order valence-electron chi connectivity index (χ2n) is 12.3. The van der Waals surface area contributed by atoms with E-state index in [0.717, 1.165) is 16.7 Å². The highest BCUT2D eigenvalue weighted by molar-refractivity contribution is 8.01. The van der Waals surface area contributed by atoms with Crippen LogP contribution in [0.25, 0.3) is 0 Å². The van der Waals surface area contributed by atoms with E-state index in [1.165, 1.54) is 0 Å². The maximum absolute atomic E-state index is 12.9. The molecule has 0 spiro atoms. The number of carbonyl (C=O) groups excluding carboxylic acids is 5. The Bertz CT molecular complexity index is 997. The summed E-state index contributed by atoms with van der Waals surface area (Å²) in [5, 5.41) is 45.0. The summed E-state index contributed by atoms with van der Waals surface area (Å²) < 4.78 is 0. The minimum Gasteiger partial charge on any atom is -0.395 e. The number of aliphatic hydroxyl groups excluding tert-OH is 4. The molecule has 0 aromatic carbocycles. The summed E-state index contributed by atoms with van der Waals surface area (Å²) >= 11 is 0.941. The van der Waals surface area contributed by atoms with E-state index in [1.54, 1.807) is 27.7 Å². The fourth-order valence-corrected chi connectivity index (χ4v) is 6.09. The van der Waals surface area contributed by atoms with Crippen molar-refractivity contribution in [2.75, 3.05) is 32.0 Å². The molecule has 3 amide bonds. The summed E-state index contributed by atoms with van der Waals surface area (Å²) in [6.07, 6.45) is -3.64. The van der Waals surface area contributed by atoms with E-state index in [1.807, 2.05) is 18.7 Å². The number of ketones is 2. The van der Waals surface area contributed by atoms with Gasteiger partial charge in [0.2, 0.25) is 17.7 Å². The Morgan fingerprint density at radius 2 is 1.67 bits per heavy atom. The molecule has 0 radical (unpaired) electrons. The Hall–Kier alpha value is -1.94. The molecule has 0 aromatic heterocycles.